The third kappa shape index (κ3) is 3.05. The lowest BCUT2D eigenvalue weighted by Gasteiger charge is -2.31. The van der Waals surface area contributed by atoms with E-state index in [9.17, 15) is 4.79 Å². The van der Waals surface area contributed by atoms with Crippen LogP contribution in [0.3, 0.4) is 0 Å². The Morgan fingerprint density at radius 2 is 2.24 bits per heavy atom. The minimum Gasteiger partial charge on any atom is -0.497 e. The Labute approximate surface area is 126 Å². The van der Waals surface area contributed by atoms with Crippen LogP contribution in [-0.2, 0) is 4.79 Å². The van der Waals surface area contributed by atoms with E-state index in [1.807, 2.05) is 12.1 Å². The summed E-state index contributed by atoms with van der Waals surface area (Å²) in [7, 11) is 1.68. The molecule has 0 spiro atoms. The second-order valence-corrected chi connectivity index (χ2v) is 6.01. The van der Waals surface area contributed by atoms with Crippen molar-refractivity contribution in [2.45, 2.75) is 31.7 Å². The van der Waals surface area contributed by atoms with Gasteiger partial charge in [0.05, 0.1) is 19.1 Å². The van der Waals surface area contributed by atoms with Crippen molar-refractivity contribution >= 4 is 5.91 Å². The maximum Gasteiger partial charge on any atom is 0.227 e. The van der Waals surface area contributed by atoms with Gasteiger partial charge >= 0.3 is 0 Å². The Bertz CT molecular complexity index is 497. The highest BCUT2D eigenvalue weighted by Crippen LogP contribution is 2.35. The van der Waals surface area contributed by atoms with Crippen molar-refractivity contribution in [1.82, 2.24) is 10.2 Å². The normalized spacial score (nSPS) is 25.9. The number of hydrogen-bond donors (Lipinski definition) is 1. The van der Waals surface area contributed by atoms with Gasteiger partial charge in [-0.15, -0.1) is 0 Å². The summed E-state index contributed by atoms with van der Waals surface area (Å²) in [4.78, 5) is 14.9. The lowest BCUT2D eigenvalue weighted by atomic mass is 9.96. The van der Waals surface area contributed by atoms with Gasteiger partial charge in [0.2, 0.25) is 5.91 Å². The van der Waals surface area contributed by atoms with Crippen molar-refractivity contribution in [3.05, 3.63) is 29.8 Å². The zero-order valence-corrected chi connectivity index (χ0v) is 12.7. The number of nitrogens with one attached hydrogen (secondary N) is 1. The van der Waals surface area contributed by atoms with Gasteiger partial charge < -0.3 is 15.0 Å². The summed E-state index contributed by atoms with van der Waals surface area (Å²) in [6, 6.07) is 8.36. The van der Waals surface area contributed by atoms with Gasteiger partial charge in [0.25, 0.3) is 0 Å². The Morgan fingerprint density at radius 1 is 1.33 bits per heavy atom. The minimum absolute atomic E-state index is 0.157. The number of carbonyl (C=O) groups excluding carboxylic acids is 1. The Balaban J connectivity index is 1.76. The van der Waals surface area contributed by atoms with Gasteiger partial charge in [0.1, 0.15) is 5.75 Å². The molecular weight excluding hydrogens is 264 g/mol. The first kappa shape index (κ1) is 14.4. The average molecular weight is 288 g/mol. The van der Waals surface area contributed by atoms with Crippen LogP contribution < -0.4 is 10.1 Å². The largest absolute Gasteiger partial charge is 0.497 e. The molecule has 0 saturated carbocycles. The summed E-state index contributed by atoms with van der Waals surface area (Å²) in [6.45, 7) is 2.76. The standard InChI is InChI=1S/C17H24N2O2/c1-21-15-7-2-5-13(11-15)16-8-4-10-19(16)17(20)14-6-3-9-18-12-14/h2,5,7,11,14,16,18H,3-4,6,8-10,12H2,1H3. The molecule has 2 aliphatic heterocycles. The molecule has 0 bridgehead atoms. The van der Waals surface area contributed by atoms with Gasteiger partial charge in [-0.1, -0.05) is 12.1 Å². The van der Waals surface area contributed by atoms with E-state index in [1.54, 1.807) is 7.11 Å². The Morgan fingerprint density at radius 3 is 3.00 bits per heavy atom. The highest BCUT2D eigenvalue weighted by Gasteiger charge is 2.34. The predicted octanol–water partition coefficient (Wildman–Crippen LogP) is 2.36. The van der Waals surface area contributed by atoms with Crippen molar-refractivity contribution in [3.63, 3.8) is 0 Å². The highest BCUT2D eigenvalue weighted by molar-refractivity contribution is 5.80. The third-order valence-corrected chi connectivity index (χ3v) is 4.66. The maximum absolute atomic E-state index is 12.8. The molecule has 2 aliphatic rings. The number of benzene rings is 1. The number of piperidine rings is 1. The van der Waals surface area contributed by atoms with E-state index in [4.69, 9.17) is 4.74 Å². The van der Waals surface area contributed by atoms with Gasteiger partial charge in [-0.25, -0.2) is 0 Å². The van der Waals surface area contributed by atoms with Crippen LogP contribution in [0.5, 0.6) is 5.75 Å². The number of amides is 1. The molecule has 2 unspecified atom stereocenters. The quantitative estimate of drug-likeness (QED) is 0.928. The second-order valence-electron chi connectivity index (χ2n) is 6.01. The van der Waals surface area contributed by atoms with Crippen LogP contribution >= 0.6 is 0 Å². The summed E-state index contributed by atoms with van der Waals surface area (Å²) in [5, 5.41) is 3.34. The number of hydrogen-bond acceptors (Lipinski definition) is 3. The zero-order chi connectivity index (χ0) is 14.7. The predicted molar refractivity (Wildman–Crippen MR) is 82.3 cm³/mol. The fraction of sp³-hybridized carbons (Fsp3) is 0.588. The van der Waals surface area contributed by atoms with Gasteiger partial charge in [-0.2, -0.15) is 0 Å². The molecule has 4 heteroatoms. The molecule has 1 N–H and O–H groups in total. The molecule has 2 heterocycles. The lowest BCUT2D eigenvalue weighted by Crippen LogP contribution is -2.42. The fourth-order valence-corrected chi connectivity index (χ4v) is 3.52. The molecule has 0 radical (unpaired) electrons. The molecule has 1 amide bonds. The number of methoxy groups -OCH3 is 1. The minimum atomic E-state index is 0.157. The summed E-state index contributed by atoms with van der Waals surface area (Å²) in [6.07, 6.45) is 4.27. The van der Waals surface area contributed by atoms with Gasteiger partial charge in [-0.05, 0) is 49.9 Å². The van der Waals surface area contributed by atoms with Crippen LogP contribution in [0.25, 0.3) is 0 Å². The molecule has 0 aliphatic carbocycles. The summed E-state index contributed by atoms with van der Waals surface area (Å²) in [5.74, 6) is 1.35. The molecule has 3 rings (SSSR count). The van der Waals surface area contributed by atoms with Crippen molar-refractivity contribution in [2.24, 2.45) is 5.92 Å². The van der Waals surface area contributed by atoms with Crippen LogP contribution in [0.4, 0.5) is 0 Å². The molecule has 1 aromatic rings. The van der Waals surface area contributed by atoms with Crippen LogP contribution in [-0.4, -0.2) is 37.6 Å². The van der Waals surface area contributed by atoms with E-state index in [0.717, 1.165) is 51.1 Å². The molecule has 4 nitrogen and oxygen atoms in total. The Kier molecular flexibility index (Phi) is 4.44. The van der Waals surface area contributed by atoms with Crippen LogP contribution in [0.1, 0.15) is 37.3 Å². The number of likely N-dealkylation sites (tertiary alicyclic amines) is 1. The summed E-state index contributed by atoms with van der Waals surface area (Å²) in [5.41, 5.74) is 1.20. The van der Waals surface area contributed by atoms with Crippen molar-refractivity contribution < 1.29 is 9.53 Å². The maximum atomic E-state index is 12.8. The monoisotopic (exact) mass is 288 g/mol. The molecule has 21 heavy (non-hydrogen) atoms. The smallest absolute Gasteiger partial charge is 0.227 e. The average Bonchev–Trinajstić information content (AvgIpc) is 3.04. The number of ether oxygens (including phenoxy) is 1. The highest BCUT2D eigenvalue weighted by atomic mass is 16.5. The molecule has 2 atom stereocenters. The fourth-order valence-electron chi connectivity index (χ4n) is 3.52. The first-order valence-corrected chi connectivity index (χ1v) is 7.95. The summed E-state index contributed by atoms with van der Waals surface area (Å²) >= 11 is 0. The summed E-state index contributed by atoms with van der Waals surface area (Å²) < 4.78 is 5.31. The molecule has 2 fully saturated rings. The number of nitrogens with zero attached hydrogens (tertiary/aromatic N) is 1. The van der Waals surface area contributed by atoms with E-state index in [0.29, 0.717) is 5.91 Å². The van der Waals surface area contributed by atoms with E-state index in [-0.39, 0.29) is 12.0 Å². The lowest BCUT2D eigenvalue weighted by molar-refractivity contribution is -0.137. The van der Waals surface area contributed by atoms with E-state index < -0.39 is 0 Å². The van der Waals surface area contributed by atoms with Gasteiger partial charge in [-0.3, -0.25) is 4.79 Å². The van der Waals surface area contributed by atoms with Crippen LogP contribution in [0.15, 0.2) is 24.3 Å². The van der Waals surface area contributed by atoms with Crippen LogP contribution in [0, 0.1) is 5.92 Å². The molecule has 0 aromatic heterocycles. The molecule has 1 aromatic carbocycles. The molecule has 2 saturated heterocycles. The van der Waals surface area contributed by atoms with E-state index >= 15 is 0 Å². The Hall–Kier alpha value is -1.55. The number of carbonyl (C=O) groups is 1. The van der Waals surface area contributed by atoms with Gasteiger partial charge in [0.15, 0.2) is 0 Å². The first-order valence-electron chi connectivity index (χ1n) is 7.95. The van der Waals surface area contributed by atoms with Crippen LogP contribution in [0.2, 0.25) is 0 Å². The topological polar surface area (TPSA) is 41.6 Å². The molecular formula is C17H24N2O2. The van der Waals surface area contributed by atoms with Gasteiger partial charge in [0, 0.05) is 13.1 Å². The SMILES string of the molecule is COc1cccc(C2CCCN2C(=O)C2CCCNC2)c1. The van der Waals surface area contributed by atoms with Crippen molar-refractivity contribution in [2.75, 3.05) is 26.7 Å². The second kappa shape index (κ2) is 6.48. The van der Waals surface area contributed by atoms with E-state index in [2.05, 4.69) is 22.3 Å². The number of rotatable bonds is 3. The van der Waals surface area contributed by atoms with E-state index in [1.165, 1.54) is 5.56 Å². The van der Waals surface area contributed by atoms with Crippen molar-refractivity contribution in [1.29, 1.82) is 0 Å². The first-order chi connectivity index (χ1) is 10.3. The van der Waals surface area contributed by atoms with Crippen molar-refractivity contribution in [3.8, 4) is 5.75 Å². The third-order valence-electron chi connectivity index (χ3n) is 4.66. The zero-order valence-electron chi connectivity index (χ0n) is 12.7. The molecule has 114 valence electrons.